The van der Waals surface area contributed by atoms with Crippen molar-refractivity contribution in [2.45, 2.75) is 57.7 Å². The van der Waals surface area contributed by atoms with Crippen molar-refractivity contribution in [1.29, 1.82) is 0 Å². The van der Waals surface area contributed by atoms with E-state index in [0.29, 0.717) is 12.1 Å². The lowest BCUT2D eigenvalue weighted by Crippen LogP contribution is -2.54. The van der Waals surface area contributed by atoms with Crippen molar-refractivity contribution in [1.82, 2.24) is 10.2 Å². The summed E-state index contributed by atoms with van der Waals surface area (Å²) in [6.45, 7) is 6.99. The Labute approximate surface area is 137 Å². The first-order valence-corrected chi connectivity index (χ1v) is 8.26. The molecule has 1 fully saturated rings. The smallest absolute Gasteiger partial charge is 0.237 e. The largest absolute Gasteiger partial charge is 0.387 e. The summed E-state index contributed by atoms with van der Waals surface area (Å²) in [6, 6.07) is 5.77. The lowest BCUT2D eigenvalue weighted by molar-refractivity contribution is -0.129. The Morgan fingerprint density at radius 2 is 2.17 bits per heavy atom. The van der Waals surface area contributed by atoms with Crippen LogP contribution in [0.25, 0.3) is 0 Å². The number of carbonyl (C=O) groups excluding carboxylic acids is 1. The summed E-state index contributed by atoms with van der Waals surface area (Å²) in [4.78, 5) is 14.5. The molecule has 1 amide bonds. The van der Waals surface area contributed by atoms with Crippen molar-refractivity contribution in [3.8, 4) is 0 Å². The standard InChI is InChI=1S/C18H27FN2O2/c1-18(2,3)20-17(23)15-9-4-5-10-21(15)12-16(22)13-7-6-8-14(19)11-13/h6-8,11,15-16,22H,4-5,9-10,12H2,1-3H3,(H,20,23)/t15-,16-/m0/s1. The van der Waals surface area contributed by atoms with Crippen molar-refractivity contribution >= 4 is 5.91 Å². The van der Waals surface area contributed by atoms with E-state index < -0.39 is 6.10 Å². The van der Waals surface area contributed by atoms with Gasteiger partial charge in [-0.25, -0.2) is 4.39 Å². The maximum absolute atomic E-state index is 13.3. The van der Waals surface area contributed by atoms with Crippen LogP contribution in [-0.4, -0.2) is 40.6 Å². The lowest BCUT2D eigenvalue weighted by atomic mass is 9.98. The van der Waals surface area contributed by atoms with E-state index in [0.717, 1.165) is 25.8 Å². The molecule has 0 aliphatic carbocycles. The topological polar surface area (TPSA) is 52.6 Å². The van der Waals surface area contributed by atoms with Crippen LogP contribution in [0, 0.1) is 5.82 Å². The first kappa shape index (κ1) is 17.9. The predicted octanol–water partition coefficient (Wildman–Crippen LogP) is 2.63. The SMILES string of the molecule is CC(C)(C)NC(=O)[C@@H]1CCCCN1C[C@H](O)c1cccc(F)c1. The highest BCUT2D eigenvalue weighted by atomic mass is 19.1. The van der Waals surface area contributed by atoms with Crippen LogP contribution >= 0.6 is 0 Å². The summed E-state index contributed by atoms with van der Waals surface area (Å²) in [5.41, 5.74) is 0.270. The molecule has 2 rings (SSSR count). The van der Waals surface area contributed by atoms with Gasteiger partial charge in [0.1, 0.15) is 5.82 Å². The van der Waals surface area contributed by atoms with Crippen LogP contribution in [0.2, 0.25) is 0 Å². The number of aliphatic hydroxyl groups excluding tert-OH is 1. The van der Waals surface area contributed by atoms with Gasteiger partial charge in [0.2, 0.25) is 5.91 Å². The van der Waals surface area contributed by atoms with E-state index in [1.165, 1.54) is 12.1 Å². The van der Waals surface area contributed by atoms with E-state index in [2.05, 4.69) is 5.32 Å². The Morgan fingerprint density at radius 3 is 2.83 bits per heavy atom. The number of nitrogens with one attached hydrogen (secondary N) is 1. The van der Waals surface area contributed by atoms with Crippen LogP contribution in [-0.2, 0) is 4.79 Å². The molecular formula is C18H27FN2O2. The number of benzene rings is 1. The second-order valence-corrected chi connectivity index (χ2v) is 7.32. The van der Waals surface area contributed by atoms with Crippen LogP contribution in [0.15, 0.2) is 24.3 Å². The van der Waals surface area contributed by atoms with Crippen molar-refractivity contribution in [3.05, 3.63) is 35.6 Å². The van der Waals surface area contributed by atoms with Crippen molar-refractivity contribution in [2.24, 2.45) is 0 Å². The molecule has 1 aliphatic rings. The fourth-order valence-corrected chi connectivity index (χ4v) is 3.00. The van der Waals surface area contributed by atoms with Crippen molar-refractivity contribution < 1.29 is 14.3 Å². The van der Waals surface area contributed by atoms with Gasteiger partial charge < -0.3 is 10.4 Å². The molecule has 1 heterocycles. The van der Waals surface area contributed by atoms with Crippen LogP contribution in [0.3, 0.4) is 0 Å². The molecule has 0 aromatic heterocycles. The summed E-state index contributed by atoms with van der Waals surface area (Å²) >= 11 is 0. The Hall–Kier alpha value is -1.46. The first-order chi connectivity index (χ1) is 10.8. The van der Waals surface area contributed by atoms with Gasteiger partial charge in [-0.2, -0.15) is 0 Å². The molecule has 0 unspecified atom stereocenters. The second-order valence-electron chi connectivity index (χ2n) is 7.32. The quantitative estimate of drug-likeness (QED) is 0.896. The maximum Gasteiger partial charge on any atom is 0.237 e. The molecule has 4 nitrogen and oxygen atoms in total. The van der Waals surface area contributed by atoms with Gasteiger partial charge in [0.05, 0.1) is 12.1 Å². The first-order valence-electron chi connectivity index (χ1n) is 8.26. The molecule has 5 heteroatoms. The number of likely N-dealkylation sites (tertiary alicyclic amines) is 1. The van der Waals surface area contributed by atoms with Gasteiger partial charge in [-0.15, -0.1) is 0 Å². The summed E-state index contributed by atoms with van der Waals surface area (Å²) in [7, 11) is 0. The summed E-state index contributed by atoms with van der Waals surface area (Å²) in [6.07, 6.45) is 2.01. The van der Waals surface area contributed by atoms with Crippen LogP contribution < -0.4 is 5.32 Å². The fourth-order valence-electron chi connectivity index (χ4n) is 3.00. The minimum atomic E-state index is -0.797. The molecule has 1 aliphatic heterocycles. The van der Waals surface area contributed by atoms with Gasteiger partial charge >= 0.3 is 0 Å². The molecule has 2 N–H and O–H groups in total. The maximum atomic E-state index is 13.3. The van der Waals surface area contributed by atoms with Gasteiger partial charge in [0.25, 0.3) is 0 Å². The highest BCUT2D eigenvalue weighted by Crippen LogP contribution is 2.22. The van der Waals surface area contributed by atoms with E-state index in [1.807, 2.05) is 25.7 Å². The number of hydrogen-bond donors (Lipinski definition) is 2. The number of aliphatic hydroxyl groups is 1. The molecule has 1 aromatic rings. The van der Waals surface area contributed by atoms with Crippen LogP contribution in [0.5, 0.6) is 0 Å². The zero-order valence-electron chi connectivity index (χ0n) is 14.2. The zero-order valence-corrected chi connectivity index (χ0v) is 14.2. The van der Waals surface area contributed by atoms with Gasteiger partial charge in [-0.3, -0.25) is 9.69 Å². The Kier molecular flexibility index (Phi) is 5.76. The molecule has 0 bridgehead atoms. The fraction of sp³-hybridized carbons (Fsp3) is 0.611. The summed E-state index contributed by atoms with van der Waals surface area (Å²) in [5, 5.41) is 13.4. The highest BCUT2D eigenvalue weighted by molar-refractivity contribution is 5.82. The zero-order chi connectivity index (χ0) is 17.0. The minimum absolute atomic E-state index is 0.00337. The molecule has 0 spiro atoms. The molecule has 1 saturated heterocycles. The Balaban J connectivity index is 2.05. The average molecular weight is 322 g/mol. The molecule has 2 atom stereocenters. The third kappa shape index (κ3) is 5.29. The normalized spacial score (nSPS) is 21.0. The van der Waals surface area contributed by atoms with E-state index in [9.17, 15) is 14.3 Å². The van der Waals surface area contributed by atoms with Crippen LogP contribution in [0.1, 0.15) is 51.7 Å². The van der Waals surface area contributed by atoms with E-state index >= 15 is 0 Å². The number of carbonyl (C=O) groups is 1. The number of amides is 1. The molecule has 1 aromatic carbocycles. The van der Waals surface area contributed by atoms with E-state index in [1.54, 1.807) is 12.1 Å². The number of halogens is 1. The minimum Gasteiger partial charge on any atom is -0.387 e. The summed E-state index contributed by atoms with van der Waals surface area (Å²) < 4.78 is 13.3. The van der Waals surface area contributed by atoms with Crippen molar-refractivity contribution in [3.63, 3.8) is 0 Å². The van der Waals surface area contributed by atoms with Gasteiger partial charge in [0, 0.05) is 12.1 Å². The molecule has 0 radical (unpaired) electrons. The molecular weight excluding hydrogens is 295 g/mol. The Morgan fingerprint density at radius 1 is 1.43 bits per heavy atom. The third-order valence-electron chi connectivity index (χ3n) is 4.06. The third-order valence-corrected chi connectivity index (χ3v) is 4.06. The van der Waals surface area contributed by atoms with Crippen LogP contribution in [0.4, 0.5) is 4.39 Å². The second kappa shape index (κ2) is 7.41. The molecule has 23 heavy (non-hydrogen) atoms. The van der Waals surface area contributed by atoms with E-state index in [4.69, 9.17) is 0 Å². The van der Waals surface area contributed by atoms with Gasteiger partial charge in [-0.05, 0) is 57.9 Å². The van der Waals surface area contributed by atoms with E-state index in [-0.39, 0.29) is 23.3 Å². The average Bonchev–Trinajstić information content (AvgIpc) is 2.46. The predicted molar refractivity (Wildman–Crippen MR) is 88.5 cm³/mol. The number of piperidine rings is 1. The Bertz CT molecular complexity index is 542. The number of β-amino-alcohol motifs (C(OH)–C–C–N with tert-alkyl or cyclic N) is 1. The number of nitrogens with zero attached hydrogens (tertiary/aromatic N) is 1. The molecule has 128 valence electrons. The monoisotopic (exact) mass is 322 g/mol. The van der Waals surface area contributed by atoms with Crippen molar-refractivity contribution in [2.75, 3.05) is 13.1 Å². The summed E-state index contributed by atoms with van der Waals surface area (Å²) in [5.74, 6) is -0.356. The lowest BCUT2D eigenvalue weighted by Gasteiger charge is -2.37. The number of rotatable bonds is 4. The molecule has 0 saturated carbocycles. The van der Waals surface area contributed by atoms with Gasteiger partial charge in [-0.1, -0.05) is 18.6 Å². The highest BCUT2D eigenvalue weighted by Gasteiger charge is 2.31. The number of hydrogen-bond acceptors (Lipinski definition) is 3. The van der Waals surface area contributed by atoms with Gasteiger partial charge in [0.15, 0.2) is 0 Å².